The minimum atomic E-state index is -3.95. The Labute approximate surface area is 280 Å². The molecule has 0 aromatic carbocycles. The second kappa shape index (κ2) is 13.0. The van der Waals surface area contributed by atoms with E-state index in [0.717, 1.165) is 68.2 Å². The number of carbonyl (C=O) groups excluding carboxylic acids is 1. The number of amides is 2. The summed E-state index contributed by atoms with van der Waals surface area (Å²) in [4.78, 5) is 13.7. The van der Waals surface area contributed by atoms with Crippen LogP contribution in [0.15, 0.2) is 34.6 Å². The van der Waals surface area contributed by atoms with Crippen LogP contribution in [0, 0.1) is 58.2 Å². The number of thiophene rings is 1. The third-order valence-electron chi connectivity index (χ3n) is 13.8. The van der Waals surface area contributed by atoms with E-state index in [0.29, 0.717) is 48.0 Å². The van der Waals surface area contributed by atoms with Gasteiger partial charge in [-0.05, 0) is 134 Å². The van der Waals surface area contributed by atoms with Gasteiger partial charge in [-0.25, -0.2) is 17.9 Å². The highest BCUT2D eigenvalue weighted by molar-refractivity contribution is 7.92. The lowest BCUT2D eigenvalue weighted by molar-refractivity contribution is -0.203. The van der Waals surface area contributed by atoms with Crippen molar-refractivity contribution in [2.75, 3.05) is 6.54 Å². The summed E-state index contributed by atoms with van der Waals surface area (Å²) in [5.41, 5.74) is 1.47. The molecule has 4 unspecified atom stereocenters. The van der Waals surface area contributed by atoms with Gasteiger partial charge in [0.05, 0.1) is 12.2 Å². The van der Waals surface area contributed by atoms with Crippen molar-refractivity contribution in [1.82, 2.24) is 10.0 Å². The minimum Gasteiger partial charge on any atom is -0.393 e. The summed E-state index contributed by atoms with van der Waals surface area (Å²) in [6.07, 6.45) is 15.7. The van der Waals surface area contributed by atoms with Crippen molar-refractivity contribution in [1.29, 1.82) is 0 Å². The number of rotatable bonds is 8. The van der Waals surface area contributed by atoms with E-state index in [1.54, 1.807) is 6.07 Å². The lowest BCUT2D eigenvalue weighted by atomic mass is 9.41. The molecule has 256 valence electrons. The van der Waals surface area contributed by atoms with Gasteiger partial charge in [0.15, 0.2) is 0 Å². The van der Waals surface area contributed by atoms with Crippen LogP contribution in [0.1, 0.15) is 104 Å². The Balaban J connectivity index is 1.06. The maximum absolute atomic E-state index is 13.0. The molecule has 2 amide bonds. The molecule has 6 rings (SSSR count). The number of hydrogen-bond donors (Lipinski definition) is 4. The molecule has 0 bridgehead atoms. The first-order valence-electron chi connectivity index (χ1n) is 17.9. The number of hydrogen-bond acceptors (Lipinski definition) is 6. The normalized spacial score (nSPS) is 41.1. The summed E-state index contributed by atoms with van der Waals surface area (Å²) in [6, 6.07) is 2.73. The van der Waals surface area contributed by atoms with Crippen molar-refractivity contribution >= 4 is 33.0 Å². The van der Waals surface area contributed by atoms with Crippen LogP contribution < -0.4 is 10.0 Å². The van der Waals surface area contributed by atoms with Crippen molar-refractivity contribution in [3.63, 3.8) is 0 Å². The monoisotopic (exact) mass is 672 g/mol. The first-order chi connectivity index (χ1) is 21.8. The highest BCUT2D eigenvalue weighted by Crippen LogP contribution is 2.69. The second-order valence-corrected chi connectivity index (χ2v) is 19.0. The molecule has 4 fully saturated rings. The Kier molecular flexibility index (Phi) is 9.65. The predicted molar refractivity (Wildman–Crippen MR) is 184 cm³/mol. The van der Waals surface area contributed by atoms with Gasteiger partial charge in [-0.15, -0.1) is 11.3 Å². The summed E-state index contributed by atoms with van der Waals surface area (Å²) < 4.78 is 28.4. The zero-order valence-electron chi connectivity index (χ0n) is 28.4. The standard InChI is InChI=1S/C37H56N2O5S2/c1-6-25-30-21-24(40)15-18-37(30,5)29-16-19-36(4)27(11-12-28(36)33(29)34(25)41)23(3)17-20-38-35(42)39-46(43,44)32-14-13-31(45-32)26-10-8-7-9-22(26)2/h7-8,10,13-14,22-25,27-30,33-34,40-41H,6,9,11-12,15-21H2,1-5H3,(H2,38,39,42)/t22?,23-,24-,25-,27-,28+,29+,30?,33?,34-,36?,37-/m1/s1. The molecule has 9 heteroatoms. The summed E-state index contributed by atoms with van der Waals surface area (Å²) in [7, 11) is -3.95. The van der Waals surface area contributed by atoms with Gasteiger partial charge in [-0.3, -0.25) is 0 Å². The minimum absolute atomic E-state index is 0.147. The van der Waals surface area contributed by atoms with E-state index < -0.39 is 16.1 Å². The number of nitrogens with one attached hydrogen (secondary N) is 2. The van der Waals surface area contributed by atoms with Crippen molar-refractivity contribution < 1.29 is 23.4 Å². The average molecular weight is 673 g/mol. The number of sulfonamides is 1. The Hall–Kier alpha value is -1.68. The van der Waals surface area contributed by atoms with Crippen molar-refractivity contribution in [2.24, 2.45) is 58.2 Å². The Bertz CT molecular complexity index is 1450. The fourth-order valence-electron chi connectivity index (χ4n) is 11.4. The molecule has 0 aliphatic heterocycles. The number of aliphatic hydroxyl groups is 2. The molecule has 1 aromatic heterocycles. The van der Waals surface area contributed by atoms with Crippen LogP contribution in [0.2, 0.25) is 0 Å². The first-order valence-corrected chi connectivity index (χ1v) is 20.2. The third kappa shape index (κ3) is 5.94. The van der Waals surface area contributed by atoms with E-state index in [9.17, 15) is 23.4 Å². The van der Waals surface area contributed by atoms with Crippen LogP contribution in [-0.4, -0.2) is 43.4 Å². The smallest absolute Gasteiger partial charge is 0.328 e. The highest BCUT2D eigenvalue weighted by Gasteiger charge is 2.64. The summed E-state index contributed by atoms with van der Waals surface area (Å²) in [6.45, 7) is 12.0. The van der Waals surface area contributed by atoms with Crippen LogP contribution in [0.4, 0.5) is 4.79 Å². The SMILES string of the molecule is CC[C@@H]1C2C[C@H](O)CC[C@]2(C)[C@H]2CCC3(C)[C@@H]([C@H](C)CCNC(=O)NS(=O)(=O)c4ccc(C5=CC=CCC5C)s4)CC[C@H]3C2[C@@H]1O. The van der Waals surface area contributed by atoms with Gasteiger partial charge in [0.1, 0.15) is 4.21 Å². The lowest BCUT2D eigenvalue weighted by Gasteiger charge is -2.64. The largest absolute Gasteiger partial charge is 0.393 e. The molecule has 5 aliphatic carbocycles. The van der Waals surface area contributed by atoms with Crippen LogP contribution in [0.3, 0.4) is 0 Å². The van der Waals surface area contributed by atoms with Gasteiger partial charge in [0, 0.05) is 11.4 Å². The van der Waals surface area contributed by atoms with Gasteiger partial charge >= 0.3 is 6.03 Å². The van der Waals surface area contributed by atoms with Crippen molar-refractivity contribution in [2.45, 2.75) is 115 Å². The number of allylic oxidation sites excluding steroid dienone is 4. The van der Waals surface area contributed by atoms with E-state index in [1.165, 1.54) is 17.8 Å². The Morgan fingerprint density at radius 2 is 1.80 bits per heavy atom. The third-order valence-corrected chi connectivity index (χ3v) is 16.8. The maximum Gasteiger partial charge on any atom is 0.328 e. The van der Waals surface area contributed by atoms with Gasteiger partial charge < -0.3 is 15.5 Å². The first kappa shape index (κ1) is 34.2. The Morgan fingerprint density at radius 1 is 1.07 bits per heavy atom. The molecule has 1 heterocycles. The quantitative estimate of drug-likeness (QED) is 0.230. The predicted octanol–water partition coefficient (Wildman–Crippen LogP) is 7.37. The Morgan fingerprint density at radius 3 is 2.54 bits per heavy atom. The number of carbonyl (C=O) groups is 1. The van der Waals surface area contributed by atoms with Gasteiger partial charge in [0.25, 0.3) is 10.0 Å². The zero-order valence-corrected chi connectivity index (χ0v) is 30.0. The molecule has 4 saturated carbocycles. The maximum atomic E-state index is 13.0. The highest BCUT2D eigenvalue weighted by atomic mass is 32.2. The molecule has 46 heavy (non-hydrogen) atoms. The zero-order chi connectivity index (χ0) is 33.0. The van der Waals surface area contributed by atoms with Crippen LogP contribution in [0.25, 0.3) is 5.57 Å². The molecule has 7 nitrogen and oxygen atoms in total. The molecule has 12 atom stereocenters. The van der Waals surface area contributed by atoms with Gasteiger partial charge in [-0.2, -0.15) is 0 Å². The summed E-state index contributed by atoms with van der Waals surface area (Å²) in [5, 5.41) is 25.3. The summed E-state index contributed by atoms with van der Waals surface area (Å²) in [5.74, 6) is 3.19. The summed E-state index contributed by atoms with van der Waals surface area (Å²) >= 11 is 1.20. The van der Waals surface area contributed by atoms with Crippen LogP contribution in [-0.2, 0) is 10.0 Å². The van der Waals surface area contributed by atoms with E-state index in [4.69, 9.17) is 0 Å². The molecule has 0 spiro atoms. The number of urea groups is 1. The molecule has 5 aliphatic rings. The van der Waals surface area contributed by atoms with Crippen molar-refractivity contribution in [3.05, 3.63) is 35.2 Å². The van der Waals surface area contributed by atoms with E-state index in [2.05, 4.69) is 50.7 Å². The van der Waals surface area contributed by atoms with Gasteiger partial charge in [-0.1, -0.05) is 59.3 Å². The molecule has 0 radical (unpaired) electrons. The van der Waals surface area contributed by atoms with E-state index in [1.807, 2.05) is 18.2 Å². The fraction of sp³-hybridized carbons (Fsp3) is 0.757. The van der Waals surface area contributed by atoms with Crippen LogP contribution in [0.5, 0.6) is 0 Å². The molecule has 4 N–H and O–H groups in total. The van der Waals surface area contributed by atoms with Crippen molar-refractivity contribution in [3.8, 4) is 0 Å². The van der Waals surface area contributed by atoms with Crippen LogP contribution >= 0.6 is 11.3 Å². The molecule has 1 aromatic rings. The second-order valence-electron chi connectivity index (χ2n) is 16.1. The lowest BCUT2D eigenvalue weighted by Crippen LogP contribution is -2.62. The average Bonchev–Trinajstić information content (AvgIpc) is 3.64. The van der Waals surface area contributed by atoms with E-state index >= 15 is 0 Å². The van der Waals surface area contributed by atoms with E-state index in [-0.39, 0.29) is 33.2 Å². The molecule has 0 saturated heterocycles. The molecular formula is C37H56N2O5S2. The molecular weight excluding hydrogens is 617 g/mol. The number of fused-ring (bicyclic) bond motifs is 5. The fourth-order valence-corrected chi connectivity index (χ4v) is 13.8. The number of aliphatic hydroxyl groups excluding tert-OH is 2. The topological polar surface area (TPSA) is 116 Å². The van der Waals surface area contributed by atoms with Gasteiger partial charge in [0.2, 0.25) is 0 Å².